The molecule has 0 aliphatic rings. The molecule has 0 amide bonds. The fraction of sp³-hybridized carbons (Fsp3) is 0.412. The van der Waals surface area contributed by atoms with Crippen molar-refractivity contribution in [3.05, 3.63) is 55.9 Å². The van der Waals surface area contributed by atoms with Crippen molar-refractivity contribution in [2.45, 2.75) is 27.0 Å². The highest BCUT2D eigenvalue weighted by molar-refractivity contribution is 5.44. The number of nitrogens with zero attached hydrogens (tertiary/aromatic N) is 1. The van der Waals surface area contributed by atoms with E-state index in [1.54, 1.807) is 27.2 Å². The summed E-state index contributed by atoms with van der Waals surface area (Å²) < 4.78 is 17.3. The fourth-order valence-corrected chi connectivity index (χ4v) is 2.45. The Morgan fingerprint density at radius 1 is 1.12 bits per heavy atom. The van der Waals surface area contributed by atoms with Crippen LogP contribution in [0, 0.1) is 6.92 Å². The van der Waals surface area contributed by atoms with Crippen molar-refractivity contribution in [3.63, 3.8) is 0 Å². The van der Waals surface area contributed by atoms with Gasteiger partial charge in [-0.15, -0.1) is 0 Å². The largest absolute Gasteiger partial charge is 0.493 e. The van der Waals surface area contributed by atoms with Crippen molar-refractivity contribution >= 4 is 0 Å². The third-order valence-electron chi connectivity index (χ3n) is 3.81. The lowest BCUT2D eigenvalue weighted by atomic mass is 10.1. The molecular weight excluding hydrogens is 312 g/mol. The van der Waals surface area contributed by atoms with Crippen molar-refractivity contribution in [3.8, 4) is 11.5 Å². The molecule has 1 N–H and O–H groups in total. The molecule has 7 heteroatoms. The van der Waals surface area contributed by atoms with Gasteiger partial charge in [0.25, 0.3) is 5.56 Å². The minimum Gasteiger partial charge on any atom is -0.493 e. The summed E-state index contributed by atoms with van der Waals surface area (Å²) in [5.41, 5.74) is 1.14. The maximum absolute atomic E-state index is 12.1. The second kappa shape index (κ2) is 7.83. The van der Waals surface area contributed by atoms with Gasteiger partial charge in [-0.25, -0.2) is 4.79 Å². The molecule has 7 nitrogen and oxygen atoms in total. The predicted molar refractivity (Wildman–Crippen MR) is 90.0 cm³/mol. The molecule has 1 aromatic heterocycles. The first-order valence-electron chi connectivity index (χ1n) is 7.63. The average molecular weight is 334 g/mol. The molecular formula is C17H22N2O5. The van der Waals surface area contributed by atoms with E-state index in [0.29, 0.717) is 35.8 Å². The summed E-state index contributed by atoms with van der Waals surface area (Å²) in [6, 6.07) is 5.49. The van der Waals surface area contributed by atoms with Gasteiger partial charge in [-0.05, 0) is 31.5 Å². The maximum Gasteiger partial charge on any atom is 0.330 e. The van der Waals surface area contributed by atoms with Crippen LogP contribution in [-0.4, -0.2) is 30.4 Å². The highest BCUT2D eigenvalue weighted by Gasteiger charge is 2.13. The monoisotopic (exact) mass is 334 g/mol. The average Bonchev–Trinajstić information content (AvgIpc) is 2.58. The van der Waals surface area contributed by atoms with Crippen LogP contribution in [0.2, 0.25) is 0 Å². The lowest BCUT2D eigenvalue weighted by Gasteiger charge is -2.15. The maximum atomic E-state index is 12.1. The first kappa shape index (κ1) is 17.8. The Hall–Kier alpha value is -2.54. The smallest absolute Gasteiger partial charge is 0.330 e. The van der Waals surface area contributed by atoms with Gasteiger partial charge in [-0.2, -0.15) is 0 Å². The lowest BCUT2D eigenvalue weighted by molar-refractivity contribution is 0.0822. The molecule has 1 aromatic carbocycles. The molecule has 2 aromatic rings. The normalized spacial score (nSPS) is 10.7. The SMILES string of the molecule is CCOCn1c(Cc2ccc(OC)c(OC)c2)c(C)c(=O)[nH]c1=O. The quantitative estimate of drug-likeness (QED) is 0.829. The van der Waals surface area contributed by atoms with Gasteiger partial charge >= 0.3 is 5.69 Å². The zero-order valence-electron chi connectivity index (χ0n) is 14.3. The Balaban J connectivity index is 2.48. The van der Waals surface area contributed by atoms with Crippen LogP contribution >= 0.6 is 0 Å². The summed E-state index contributed by atoms with van der Waals surface area (Å²) >= 11 is 0. The van der Waals surface area contributed by atoms with Crippen LogP contribution in [0.5, 0.6) is 11.5 Å². The number of aromatic nitrogens is 2. The Morgan fingerprint density at radius 3 is 2.46 bits per heavy atom. The number of hydrogen-bond acceptors (Lipinski definition) is 5. The summed E-state index contributed by atoms with van der Waals surface area (Å²) in [7, 11) is 3.13. The summed E-state index contributed by atoms with van der Waals surface area (Å²) in [6.45, 7) is 4.10. The number of aromatic amines is 1. The van der Waals surface area contributed by atoms with Crippen molar-refractivity contribution in [1.82, 2.24) is 9.55 Å². The summed E-state index contributed by atoms with van der Waals surface area (Å²) in [5.74, 6) is 1.21. The third-order valence-corrected chi connectivity index (χ3v) is 3.81. The number of nitrogens with one attached hydrogen (secondary N) is 1. The first-order valence-corrected chi connectivity index (χ1v) is 7.63. The zero-order valence-corrected chi connectivity index (χ0v) is 14.3. The van der Waals surface area contributed by atoms with Crippen molar-refractivity contribution in [1.29, 1.82) is 0 Å². The van der Waals surface area contributed by atoms with Gasteiger partial charge in [-0.1, -0.05) is 6.07 Å². The minimum absolute atomic E-state index is 0.0928. The Kier molecular flexibility index (Phi) is 5.81. The zero-order chi connectivity index (χ0) is 17.7. The van der Waals surface area contributed by atoms with Crippen LogP contribution in [0.3, 0.4) is 0 Å². The van der Waals surface area contributed by atoms with Gasteiger partial charge in [0.15, 0.2) is 11.5 Å². The van der Waals surface area contributed by atoms with Crippen molar-refractivity contribution in [2.24, 2.45) is 0 Å². The van der Waals surface area contributed by atoms with Crippen LogP contribution in [0.15, 0.2) is 27.8 Å². The van der Waals surface area contributed by atoms with Crippen LogP contribution < -0.4 is 20.7 Å². The molecule has 130 valence electrons. The molecule has 0 aliphatic carbocycles. The number of benzene rings is 1. The number of ether oxygens (including phenoxy) is 3. The van der Waals surface area contributed by atoms with E-state index < -0.39 is 5.69 Å². The molecule has 0 saturated carbocycles. The summed E-state index contributed by atoms with van der Waals surface area (Å²) in [4.78, 5) is 26.4. The van der Waals surface area contributed by atoms with Crippen LogP contribution in [0.4, 0.5) is 0 Å². The number of methoxy groups -OCH3 is 2. The molecule has 0 bridgehead atoms. The first-order chi connectivity index (χ1) is 11.5. The van der Waals surface area contributed by atoms with Gasteiger partial charge in [0.1, 0.15) is 6.73 Å². The molecule has 0 aliphatic heterocycles. The standard InChI is InChI=1S/C17H22N2O5/c1-5-24-10-19-13(11(2)16(20)18-17(19)21)8-12-6-7-14(22-3)15(9-12)23-4/h6-7,9H,5,8,10H2,1-4H3,(H,18,20,21). The predicted octanol–water partition coefficient (Wildman–Crippen LogP) is 1.45. The Bertz CT molecular complexity index is 823. The minimum atomic E-state index is -0.477. The molecule has 2 rings (SSSR count). The molecule has 0 spiro atoms. The highest BCUT2D eigenvalue weighted by atomic mass is 16.5. The van der Waals surface area contributed by atoms with Crippen molar-refractivity contribution < 1.29 is 14.2 Å². The van der Waals surface area contributed by atoms with Crippen molar-refractivity contribution in [2.75, 3.05) is 20.8 Å². The summed E-state index contributed by atoms with van der Waals surface area (Å²) in [5, 5.41) is 0. The molecule has 0 radical (unpaired) electrons. The number of H-pyrrole nitrogens is 1. The van der Waals surface area contributed by atoms with E-state index in [1.165, 1.54) is 4.57 Å². The van der Waals surface area contributed by atoms with Gasteiger partial charge < -0.3 is 14.2 Å². The second-order valence-corrected chi connectivity index (χ2v) is 5.25. The molecule has 0 atom stereocenters. The van der Waals surface area contributed by atoms with E-state index in [1.807, 2.05) is 19.1 Å². The van der Waals surface area contributed by atoms with Crippen LogP contribution in [0.25, 0.3) is 0 Å². The van der Waals surface area contributed by atoms with Gasteiger partial charge in [-0.3, -0.25) is 14.3 Å². The molecule has 24 heavy (non-hydrogen) atoms. The van der Waals surface area contributed by atoms with E-state index in [4.69, 9.17) is 14.2 Å². The van der Waals surface area contributed by atoms with E-state index in [9.17, 15) is 9.59 Å². The van der Waals surface area contributed by atoms with Crippen LogP contribution in [0.1, 0.15) is 23.7 Å². The highest BCUT2D eigenvalue weighted by Crippen LogP contribution is 2.28. The van der Waals surface area contributed by atoms with Crippen LogP contribution in [-0.2, 0) is 17.9 Å². The molecule has 0 fully saturated rings. The van der Waals surface area contributed by atoms with E-state index in [0.717, 1.165) is 5.56 Å². The van der Waals surface area contributed by atoms with Gasteiger partial charge in [0, 0.05) is 24.3 Å². The second-order valence-electron chi connectivity index (χ2n) is 5.25. The lowest BCUT2D eigenvalue weighted by Crippen LogP contribution is -2.35. The van der Waals surface area contributed by atoms with E-state index in [2.05, 4.69) is 4.98 Å². The molecule has 0 saturated heterocycles. The number of rotatable bonds is 7. The third kappa shape index (κ3) is 3.68. The Labute approximate surface area is 139 Å². The van der Waals surface area contributed by atoms with E-state index >= 15 is 0 Å². The number of hydrogen-bond donors (Lipinski definition) is 1. The summed E-state index contributed by atoms with van der Waals surface area (Å²) in [6.07, 6.45) is 0.401. The topological polar surface area (TPSA) is 82.6 Å². The fourth-order valence-electron chi connectivity index (χ4n) is 2.45. The molecule has 0 unspecified atom stereocenters. The van der Waals surface area contributed by atoms with Gasteiger partial charge in [0.2, 0.25) is 0 Å². The van der Waals surface area contributed by atoms with Gasteiger partial charge in [0.05, 0.1) is 14.2 Å². The Morgan fingerprint density at radius 2 is 1.83 bits per heavy atom. The van der Waals surface area contributed by atoms with E-state index in [-0.39, 0.29) is 12.3 Å². The molecule has 1 heterocycles.